The highest BCUT2D eigenvalue weighted by atomic mass is 14.6. The molecule has 0 N–H and O–H groups in total. The maximum atomic E-state index is 9.16. The molecule has 0 amide bonds. The van der Waals surface area contributed by atoms with Crippen molar-refractivity contribution in [2.75, 3.05) is 0 Å². The second-order valence-electron chi connectivity index (χ2n) is 9.33. The second kappa shape index (κ2) is 5.31. The molecule has 0 radical (unpaired) electrons. The molecule has 0 saturated heterocycles. The van der Waals surface area contributed by atoms with Crippen LogP contribution in [0.3, 0.4) is 0 Å². The minimum Gasteiger partial charge on any atom is -0.198 e. The summed E-state index contributed by atoms with van der Waals surface area (Å²) in [7, 11) is 0. The molecule has 2 aliphatic carbocycles. The lowest BCUT2D eigenvalue weighted by atomic mass is 9.47. The Balaban J connectivity index is 1.90. The van der Waals surface area contributed by atoms with Gasteiger partial charge in [0.05, 0.1) is 12.1 Å². The van der Waals surface area contributed by atoms with Crippen molar-refractivity contribution in [1.29, 1.82) is 10.5 Å². The van der Waals surface area contributed by atoms with Gasteiger partial charge in [-0.3, -0.25) is 0 Å². The maximum absolute atomic E-state index is 9.16. The lowest BCUT2D eigenvalue weighted by Gasteiger charge is -2.57. The van der Waals surface area contributed by atoms with Crippen molar-refractivity contribution in [2.45, 2.75) is 73.1 Å². The highest BCUT2D eigenvalue weighted by molar-refractivity contribution is 5.07. The molecule has 0 aromatic heterocycles. The molecule has 0 spiro atoms. The molecule has 2 aliphatic rings. The van der Waals surface area contributed by atoms with E-state index < -0.39 is 0 Å². The molecule has 0 unspecified atom stereocenters. The number of rotatable bonds is 4. The van der Waals surface area contributed by atoms with E-state index in [1.807, 2.05) is 0 Å². The molecule has 0 aromatic rings. The van der Waals surface area contributed by atoms with Gasteiger partial charge in [0, 0.05) is 12.3 Å². The van der Waals surface area contributed by atoms with Crippen LogP contribution in [-0.2, 0) is 0 Å². The smallest absolute Gasteiger partial charge is 0.0656 e. The molecule has 0 heterocycles. The van der Waals surface area contributed by atoms with Crippen LogP contribution in [0.5, 0.6) is 0 Å². The average Bonchev–Trinajstić information content (AvgIpc) is 2.22. The maximum Gasteiger partial charge on any atom is 0.0656 e. The first-order valence-corrected chi connectivity index (χ1v) is 8.40. The molecule has 2 fully saturated rings. The number of hydrogen-bond acceptors (Lipinski definition) is 2. The SMILES string of the molecule is CC(C)(CC1CC(CC#N)(C(C)(C)C)C1)C1CC(C#N)C1. The zero-order valence-corrected chi connectivity index (χ0v) is 14.4. The van der Waals surface area contributed by atoms with Crippen molar-refractivity contribution in [2.24, 2.45) is 34.0 Å². The van der Waals surface area contributed by atoms with Crippen LogP contribution in [0.25, 0.3) is 0 Å². The van der Waals surface area contributed by atoms with E-state index in [1.165, 1.54) is 19.3 Å². The first kappa shape index (κ1) is 16.4. The fraction of sp³-hybridized carbons (Fsp3) is 0.895. The van der Waals surface area contributed by atoms with Crippen molar-refractivity contribution in [3.63, 3.8) is 0 Å². The van der Waals surface area contributed by atoms with Crippen LogP contribution in [0, 0.1) is 56.7 Å². The van der Waals surface area contributed by atoms with Gasteiger partial charge in [-0.05, 0) is 60.2 Å². The molecular formula is C19H30N2. The Labute approximate surface area is 130 Å². The summed E-state index contributed by atoms with van der Waals surface area (Å²) in [5, 5.41) is 18.1. The van der Waals surface area contributed by atoms with Gasteiger partial charge in [0.2, 0.25) is 0 Å². The van der Waals surface area contributed by atoms with Gasteiger partial charge in [0.15, 0.2) is 0 Å². The van der Waals surface area contributed by atoms with E-state index in [-0.39, 0.29) is 10.8 Å². The Morgan fingerprint density at radius 2 is 1.62 bits per heavy atom. The fourth-order valence-electron chi connectivity index (χ4n) is 4.63. The number of nitriles is 2. The third-order valence-electron chi connectivity index (χ3n) is 6.61. The minimum atomic E-state index is 0.228. The lowest BCUT2D eigenvalue weighted by molar-refractivity contribution is -0.0727. The van der Waals surface area contributed by atoms with Gasteiger partial charge in [-0.2, -0.15) is 10.5 Å². The summed E-state index contributed by atoms with van der Waals surface area (Å²) in [6, 6.07) is 4.82. The molecule has 2 heteroatoms. The topological polar surface area (TPSA) is 47.6 Å². The van der Waals surface area contributed by atoms with E-state index in [0.717, 1.165) is 24.7 Å². The first-order chi connectivity index (χ1) is 9.63. The van der Waals surface area contributed by atoms with Crippen LogP contribution in [0.2, 0.25) is 0 Å². The summed E-state index contributed by atoms with van der Waals surface area (Å²) in [5.74, 6) is 1.80. The Bertz CT molecular complexity index is 457. The molecule has 2 rings (SSSR count). The molecule has 21 heavy (non-hydrogen) atoms. The van der Waals surface area contributed by atoms with Crippen LogP contribution in [0.1, 0.15) is 73.1 Å². The summed E-state index contributed by atoms with van der Waals surface area (Å²) in [6.07, 6.45) is 6.58. The van der Waals surface area contributed by atoms with Crippen LogP contribution in [-0.4, -0.2) is 0 Å². The molecule has 0 aliphatic heterocycles. The molecule has 2 saturated carbocycles. The van der Waals surface area contributed by atoms with Crippen molar-refractivity contribution in [3.05, 3.63) is 0 Å². The van der Waals surface area contributed by atoms with Crippen LogP contribution >= 0.6 is 0 Å². The van der Waals surface area contributed by atoms with E-state index in [0.29, 0.717) is 17.8 Å². The summed E-state index contributed by atoms with van der Waals surface area (Å²) >= 11 is 0. The standard InChI is InChI=1S/C19H30N2/c1-17(2,3)19(6-7-20)11-15(12-19)10-18(4,5)16-8-14(9-16)13-21/h14-16H,6,8-12H2,1-5H3. The van der Waals surface area contributed by atoms with Crippen LogP contribution < -0.4 is 0 Å². The highest BCUT2D eigenvalue weighted by Crippen LogP contribution is 2.62. The monoisotopic (exact) mass is 286 g/mol. The fourth-order valence-corrected chi connectivity index (χ4v) is 4.63. The van der Waals surface area contributed by atoms with E-state index in [9.17, 15) is 0 Å². The second-order valence-corrected chi connectivity index (χ2v) is 9.33. The van der Waals surface area contributed by atoms with Gasteiger partial charge in [0.1, 0.15) is 0 Å². The van der Waals surface area contributed by atoms with Gasteiger partial charge in [-0.15, -0.1) is 0 Å². The van der Waals surface area contributed by atoms with Gasteiger partial charge in [-0.1, -0.05) is 34.6 Å². The van der Waals surface area contributed by atoms with Gasteiger partial charge < -0.3 is 0 Å². The third kappa shape index (κ3) is 2.96. The zero-order chi connectivity index (χ0) is 15.9. The van der Waals surface area contributed by atoms with E-state index in [2.05, 4.69) is 46.8 Å². The zero-order valence-electron chi connectivity index (χ0n) is 14.4. The predicted octanol–water partition coefficient (Wildman–Crippen LogP) is 5.31. The van der Waals surface area contributed by atoms with E-state index in [4.69, 9.17) is 10.5 Å². The van der Waals surface area contributed by atoms with Crippen molar-refractivity contribution in [1.82, 2.24) is 0 Å². The molecule has 0 atom stereocenters. The van der Waals surface area contributed by atoms with Gasteiger partial charge in [-0.25, -0.2) is 0 Å². The van der Waals surface area contributed by atoms with E-state index in [1.54, 1.807) is 0 Å². The summed E-state index contributed by atoms with van der Waals surface area (Å²) in [5.41, 5.74) is 0.817. The van der Waals surface area contributed by atoms with Gasteiger partial charge in [0.25, 0.3) is 0 Å². The summed E-state index contributed by atoms with van der Waals surface area (Å²) in [6.45, 7) is 11.6. The normalized spacial score (nSPS) is 36.0. The summed E-state index contributed by atoms with van der Waals surface area (Å²) < 4.78 is 0. The first-order valence-electron chi connectivity index (χ1n) is 8.40. The minimum absolute atomic E-state index is 0.228. The number of nitrogens with zero attached hydrogens (tertiary/aromatic N) is 2. The predicted molar refractivity (Wildman–Crippen MR) is 85.1 cm³/mol. The molecular weight excluding hydrogens is 256 g/mol. The van der Waals surface area contributed by atoms with Crippen molar-refractivity contribution < 1.29 is 0 Å². The van der Waals surface area contributed by atoms with Crippen molar-refractivity contribution >= 4 is 0 Å². The quantitative estimate of drug-likeness (QED) is 0.703. The third-order valence-corrected chi connectivity index (χ3v) is 6.61. The molecule has 2 nitrogen and oxygen atoms in total. The van der Waals surface area contributed by atoms with Crippen LogP contribution in [0.15, 0.2) is 0 Å². The largest absolute Gasteiger partial charge is 0.198 e. The molecule has 0 aromatic carbocycles. The van der Waals surface area contributed by atoms with Crippen molar-refractivity contribution in [3.8, 4) is 12.1 Å². The molecule has 116 valence electrons. The molecule has 0 bridgehead atoms. The Hall–Kier alpha value is -1.02. The van der Waals surface area contributed by atoms with Gasteiger partial charge >= 0.3 is 0 Å². The highest BCUT2D eigenvalue weighted by Gasteiger charge is 2.53. The lowest BCUT2D eigenvalue weighted by Crippen LogP contribution is -2.48. The van der Waals surface area contributed by atoms with E-state index >= 15 is 0 Å². The number of hydrogen-bond donors (Lipinski definition) is 0. The Morgan fingerprint density at radius 1 is 1.05 bits per heavy atom. The van der Waals surface area contributed by atoms with Crippen LogP contribution in [0.4, 0.5) is 0 Å². The average molecular weight is 286 g/mol. The Morgan fingerprint density at radius 3 is 2.05 bits per heavy atom. The summed E-state index contributed by atoms with van der Waals surface area (Å²) in [4.78, 5) is 0. The Kier molecular flexibility index (Phi) is 4.14.